The second-order valence-electron chi connectivity index (χ2n) is 6.32. The second-order valence-corrected chi connectivity index (χ2v) is 8.17. The molecule has 0 unspecified atom stereocenters. The Morgan fingerprint density at radius 2 is 1.71 bits per heavy atom. The van der Waals surface area contributed by atoms with Gasteiger partial charge in [-0.3, -0.25) is 25.2 Å². The summed E-state index contributed by atoms with van der Waals surface area (Å²) in [6.45, 7) is 1.85. The van der Waals surface area contributed by atoms with Gasteiger partial charge in [0.15, 0.2) is 10.3 Å². The maximum absolute atomic E-state index is 12.6. The van der Waals surface area contributed by atoms with E-state index in [1.807, 2.05) is 12.3 Å². The number of para-hydroxylation sites is 1. The first-order chi connectivity index (χ1) is 15.0. The van der Waals surface area contributed by atoms with Crippen molar-refractivity contribution in [2.75, 3.05) is 17.7 Å². The van der Waals surface area contributed by atoms with Gasteiger partial charge in [-0.1, -0.05) is 23.5 Å². The van der Waals surface area contributed by atoms with Crippen molar-refractivity contribution in [2.24, 2.45) is 0 Å². The minimum Gasteiger partial charge on any atom is -0.496 e. The summed E-state index contributed by atoms with van der Waals surface area (Å²) in [6, 6.07) is 10.3. The molecular formula is C21H17N5O3S2. The summed E-state index contributed by atoms with van der Waals surface area (Å²) >= 11 is 2.63. The predicted octanol–water partition coefficient (Wildman–Crippen LogP) is 4.48. The van der Waals surface area contributed by atoms with Crippen LogP contribution in [0, 0.1) is 6.92 Å². The number of rotatable bonds is 6. The van der Waals surface area contributed by atoms with Crippen LogP contribution in [0.15, 0.2) is 54.2 Å². The molecule has 3 heterocycles. The molecule has 10 heteroatoms. The lowest BCUT2D eigenvalue weighted by molar-refractivity contribution is 0.101. The molecular weight excluding hydrogens is 434 g/mol. The van der Waals surface area contributed by atoms with Crippen LogP contribution in [0.25, 0.3) is 10.6 Å². The highest BCUT2D eigenvalue weighted by molar-refractivity contribution is 7.20. The monoisotopic (exact) mass is 451 g/mol. The zero-order valence-corrected chi connectivity index (χ0v) is 18.2. The molecule has 0 spiro atoms. The molecule has 3 aromatic heterocycles. The lowest BCUT2D eigenvalue weighted by atomic mass is 10.2. The van der Waals surface area contributed by atoms with E-state index in [2.05, 4.69) is 25.6 Å². The van der Waals surface area contributed by atoms with E-state index in [1.165, 1.54) is 29.8 Å². The van der Waals surface area contributed by atoms with E-state index in [0.29, 0.717) is 32.8 Å². The van der Waals surface area contributed by atoms with Gasteiger partial charge in [0.1, 0.15) is 5.75 Å². The number of anilines is 2. The first-order valence-electron chi connectivity index (χ1n) is 9.14. The molecule has 0 saturated heterocycles. The van der Waals surface area contributed by atoms with Gasteiger partial charge in [0, 0.05) is 23.3 Å². The molecule has 0 fully saturated rings. The van der Waals surface area contributed by atoms with Crippen molar-refractivity contribution in [3.8, 4) is 16.3 Å². The molecule has 2 N–H and O–H groups in total. The highest BCUT2D eigenvalue weighted by Crippen LogP contribution is 2.35. The summed E-state index contributed by atoms with van der Waals surface area (Å²) in [5.74, 6) is -0.0713. The number of benzene rings is 1. The molecule has 0 aliphatic heterocycles. The van der Waals surface area contributed by atoms with Gasteiger partial charge in [0.05, 0.1) is 28.9 Å². The van der Waals surface area contributed by atoms with Crippen molar-refractivity contribution in [3.05, 3.63) is 71.0 Å². The van der Waals surface area contributed by atoms with E-state index in [-0.39, 0.29) is 11.8 Å². The molecule has 0 radical (unpaired) electrons. The van der Waals surface area contributed by atoms with Gasteiger partial charge in [-0.2, -0.15) is 0 Å². The van der Waals surface area contributed by atoms with Gasteiger partial charge >= 0.3 is 0 Å². The number of nitrogens with zero attached hydrogens (tertiary/aromatic N) is 3. The number of hydrogen-bond acceptors (Lipinski definition) is 8. The quantitative estimate of drug-likeness (QED) is 0.448. The molecule has 0 aliphatic rings. The normalized spacial score (nSPS) is 10.5. The number of nitrogens with one attached hydrogen (secondary N) is 2. The van der Waals surface area contributed by atoms with E-state index in [9.17, 15) is 9.59 Å². The number of pyridine rings is 1. The summed E-state index contributed by atoms with van der Waals surface area (Å²) in [7, 11) is 1.52. The van der Waals surface area contributed by atoms with Gasteiger partial charge in [0.2, 0.25) is 0 Å². The first-order valence-corrected chi connectivity index (χ1v) is 10.8. The fraction of sp³-hybridized carbons (Fsp3) is 0.0952. The fourth-order valence-electron chi connectivity index (χ4n) is 2.79. The maximum atomic E-state index is 12.6. The Morgan fingerprint density at radius 1 is 0.968 bits per heavy atom. The number of ether oxygens (including phenoxy) is 1. The maximum Gasteiger partial charge on any atom is 0.261 e. The predicted molar refractivity (Wildman–Crippen MR) is 121 cm³/mol. The highest BCUT2D eigenvalue weighted by atomic mass is 32.1. The summed E-state index contributed by atoms with van der Waals surface area (Å²) < 4.78 is 5.24. The van der Waals surface area contributed by atoms with Crippen molar-refractivity contribution in [2.45, 2.75) is 6.92 Å². The van der Waals surface area contributed by atoms with Gasteiger partial charge in [-0.25, -0.2) is 9.97 Å². The average molecular weight is 452 g/mol. The smallest absolute Gasteiger partial charge is 0.261 e. The van der Waals surface area contributed by atoms with E-state index in [0.717, 1.165) is 10.6 Å². The first kappa shape index (κ1) is 20.6. The van der Waals surface area contributed by atoms with Crippen LogP contribution in [-0.2, 0) is 0 Å². The van der Waals surface area contributed by atoms with Crippen LogP contribution in [0.3, 0.4) is 0 Å². The van der Waals surface area contributed by atoms with Crippen LogP contribution < -0.4 is 15.4 Å². The van der Waals surface area contributed by atoms with Gasteiger partial charge in [-0.15, -0.1) is 11.3 Å². The van der Waals surface area contributed by atoms with Gasteiger partial charge in [-0.05, 0) is 31.2 Å². The molecule has 156 valence electrons. The standard InChI is InChI=1S/C21H17N5O3S2/c1-12-17(15-11-30-20(24-15)25-18(27)13-7-9-22-10-8-13)31-21(23-12)26-19(28)14-5-3-4-6-16(14)29-2/h3-11H,1-2H3,(H,23,26,28)(H,24,25,27). The Hall–Kier alpha value is -3.63. The Balaban J connectivity index is 1.49. The number of hydrogen-bond donors (Lipinski definition) is 2. The molecule has 1 aromatic carbocycles. The molecule has 0 aliphatic carbocycles. The number of amides is 2. The molecule has 0 saturated carbocycles. The Labute approximate surface area is 186 Å². The van der Waals surface area contributed by atoms with Crippen LogP contribution >= 0.6 is 22.7 Å². The third-order valence-corrected chi connectivity index (χ3v) is 6.12. The van der Waals surface area contributed by atoms with Crippen LogP contribution in [0.2, 0.25) is 0 Å². The van der Waals surface area contributed by atoms with E-state index in [4.69, 9.17) is 4.74 Å². The van der Waals surface area contributed by atoms with Crippen LogP contribution in [0.5, 0.6) is 5.75 Å². The van der Waals surface area contributed by atoms with E-state index < -0.39 is 0 Å². The van der Waals surface area contributed by atoms with Gasteiger partial charge in [0.25, 0.3) is 11.8 Å². The van der Waals surface area contributed by atoms with Crippen LogP contribution in [-0.4, -0.2) is 33.9 Å². The summed E-state index contributed by atoms with van der Waals surface area (Å²) in [5.41, 5.74) is 2.34. The number of carbonyl (C=O) groups excluding carboxylic acids is 2. The Kier molecular flexibility index (Phi) is 6.01. The zero-order valence-electron chi connectivity index (χ0n) is 16.6. The third-order valence-electron chi connectivity index (χ3n) is 4.27. The molecule has 31 heavy (non-hydrogen) atoms. The fourth-order valence-corrected chi connectivity index (χ4v) is 4.49. The lowest BCUT2D eigenvalue weighted by Gasteiger charge is -2.06. The molecule has 0 atom stereocenters. The van der Waals surface area contributed by atoms with E-state index >= 15 is 0 Å². The van der Waals surface area contributed by atoms with Crippen LogP contribution in [0.1, 0.15) is 26.4 Å². The van der Waals surface area contributed by atoms with Crippen molar-refractivity contribution < 1.29 is 14.3 Å². The number of aromatic nitrogens is 3. The second kappa shape index (κ2) is 9.02. The summed E-state index contributed by atoms with van der Waals surface area (Å²) in [5, 5.41) is 8.37. The van der Waals surface area contributed by atoms with Crippen molar-refractivity contribution in [1.29, 1.82) is 0 Å². The Morgan fingerprint density at radius 3 is 2.48 bits per heavy atom. The molecule has 8 nitrogen and oxygen atoms in total. The number of aryl methyl sites for hydroxylation is 1. The average Bonchev–Trinajstić information content (AvgIpc) is 3.40. The minimum atomic E-state index is -0.304. The topological polar surface area (TPSA) is 106 Å². The highest BCUT2D eigenvalue weighted by Gasteiger charge is 2.18. The van der Waals surface area contributed by atoms with E-state index in [1.54, 1.807) is 48.8 Å². The Bertz CT molecular complexity index is 1240. The zero-order chi connectivity index (χ0) is 21.8. The van der Waals surface area contributed by atoms with Crippen molar-refractivity contribution in [1.82, 2.24) is 15.0 Å². The number of methoxy groups -OCH3 is 1. The molecule has 4 rings (SSSR count). The number of thiazole rings is 2. The summed E-state index contributed by atoms with van der Waals surface area (Å²) in [4.78, 5) is 38.6. The lowest BCUT2D eigenvalue weighted by Crippen LogP contribution is -2.12. The largest absolute Gasteiger partial charge is 0.496 e. The minimum absolute atomic E-state index is 0.255. The van der Waals surface area contributed by atoms with Gasteiger partial charge < -0.3 is 4.74 Å². The molecule has 2 amide bonds. The SMILES string of the molecule is COc1ccccc1C(=O)Nc1nc(C)c(-c2csc(NC(=O)c3ccncc3)n2)s1. The third kappa shape index (κ3) is 4.60. The van der Waals surface area contributed by atoms with Crippen LogP contribution in [0.4, 0.5) is 10.3 Å². The molecule has 4 aromatic rings. The van der Waals surface area contributed by atoms with Crippen molar-refractivity contribution >= 4 is 44.8 Å². The number of carbonyl (C=O) groups is 2. The molecule has 0 bridgehead atoms. The summed E-state index contributed by atoms with van der Waals surface area (Å²) in [6.07, 6.45) is 3.12. The van der Waals surface area contributed by atoms with Crippen molar-refractivity contribution in [3.63, 3.8) is 0 Å².